The molecule has 0 spiro atoms. The molecule has 0 unspecified atom stereocenters. The van der Waals surface area contributed by atoms with Crippen molar-refractivity contribution >= 4 is 18.1 Å². The summed E-state index contributed by atoms with van der Waals surface area (Å²) in [6.07, 6.45) is 3.32. The molecule has 1 aromatic heterocycles. The fraction of sp³-hybridized carbons (Fsp3) is 0.471. The Bertz CT molecular complexity index is 632. The molecule has 0 bridgehead atoms. The highest BCUT2D eigenvalue weighted by Gasteiger charge is 2.26. The van der Waals surface area contributed by atoms with E-state index in [0.29, 0.717) is 18.8 Å². The maximum Gasteiger partial charge on any atom is 0.410 e. The van der Waals surface area contributed by atoms with Crippen LogP contribution in [-0.2, 0) is 27.2 Å². The molecule has 0 aromatic carbocycles. The number of esters is 1. The molecule has 0 radical (unpaired) electrons. The number of methoxy groups -OCH3 is 1. The number of hydrogen-bond donors (Lipinski definition) is 0. The Kier molecular flexibility index (Phi) is 5.03. The monoisotopic (exact) mass is 318 g/mol. The minimum absolute atomic E-state index is 0.333. The van der Waals surface area contributed by atoms with Crippen LogP contribution in [-0.4, -0.2) is 41.2 Å². The summed E-state index contributed by atoms with van der Waals surface area (Å²) in [7, 11) is 1.33. The van der Waals surface area contributed by atoms with E-state index in [1.54, 1.807) is 11.0 Å². The summed E-state index contributed by atoms with van der Waals surface area (Å²) in [5.74, 6) is -0.431. The summed E-state index contributed by atoms with van der Waals surface area (Å²) in [6, 6.07) is 3.83. The second-order valence-electron chi connectivity index (χ2n) is 6.35. The lowest BCUT2D eigenvalue weighted by molar-refractivity contribution is -0.134. The molecule has 23 heavy (non-hydrogen) atoms. The summed E-state index contributed by atoms with van der Waals surface area (Å²) in [5.41, 5.74) is 2.07. The van der Waals surface area contributed by atoms with Gasteiger partial charge in [0, 0.05) is 12.6 Å². The van der Waals surface area contributed by atoms with Crippen LogP contribution in [0.5, 0.6) is 0 Å². The standard InChI is InChI=1S/C17H22N2O4/c1-17(2,3)23-16(21)19-10-9-12-5-6-13(18-14(12)11-19)7-8-15(20)22-4/h5-8H,9-11H2,1-4H3/b8-7+. The number of hydrogen-bond acceptors (Lipinski definition) is 5. The molecule has 0 saturated carbocycles. The van der Waals surface area contributed by atoms with E-state index >= 15 is 0 Å². The van der Waals surface area contributed by atoms with Gasteiger partial charge < -0.3 is 14.4 Å². The van der Waals surface area contributed by atoms with Gasteiger partial charge in [0.2, 0.25) is 0 Å². The Morgan fingerprint density at radius 1 is 1.30 bits per heavy atom. The summed E-state index contributed by atoms with van der Waals surface area (Å²) < 4.78 is 9.96. The van der Waals surface area contributed by atoms with Gasteiger partial charge in [0.05, 0.1) is 25.0 Å². The van der Waals surface area contributed by atoms with Crippen LogP contribution < -0.4 is 0 Å². The fourth-order valence-corrected chi connectivity index (χ4v) is 2.22. The molecule has 0 atom stereocenters. The van der Waals surface area contributed by atoms with Crippen molar-refractivity contribution in [2.24, 2.45) is 0 Å². The first-order valence-corrected chi connectivity index (χ1v) is 7.51. The number of rotatable bonds is 2. The Morgan fingerprint density at radius 2 is 2.04 bits per heavy atom. The van der Waals surface area contributed by atoms with Crippen LogP contribution in [0.2, 0.25) is 0 Å². The van der Waals surface area contributed by atoms with E-state index in [1.807, 2.05) is 32.9 Å². The van der Waals surface area contributed by atoms with Crippen molar-refractivity contribution in [2.75, 3.05) is 13.7 Å². The van der Waals surface area contributed by atoms with Crippen LogP contribution in [0.25, 0.3) is 6.08 Å². The summed E-state index contributed by atoms with van der Waals surface area (Å²) in [5, 5.41) is 0. The maximum atomic E-state index is 12.2. The smallest absolute Gasteiger partial charge is 0.410 e. The van der Waals surface area contributed by atoms with Crippen LogP contribution in [0.4, 0.5) is 4.79 Å². The molecular formula is C17H22N2O4. The van der Waals surface area contributed by atoms with Crippen LogP contribution in [0, 0.1) is 0 Å². The zero-order valence-electron chi connectivity index (χ0n) is 14.0. The van der Waals surface area contributed by atoms with Gasteiger partial charge >= 0.3 is 12.1 Å². The number of fused-ring (bicyclic) bond motifs is 1. The number of carbonyl (C=O) groups excluding carboxylic acids is 2. The molecule has 6 heteroatoms. The van der Waals surface area contributed by atoms with E-state index in [-0.39, 0.29) is 6.09 Å². The van der Waals surface area contributed by atoms with Crippen LogP contribution in [0.1, 0.15) is 37.7 Å². The lowest BCUT2D eigenvalue weighted by Gasteiger charge is -2.30. The number of amides is 1. The van der Waals surface area contributed by atoms with Gasteiger partial charge in [-0.1, -0.05) is 6.07 Å². The number of pyridine rings is 1. The highest BCUT2D eigenvalue weighted by Crippen LogP contribution is 2.20. The average molecular weight is 318 g/mol. The summed E-state index contributed by atoms with van der Waals surface area (Å²) in [4.78, 5) is 29.5. The predicted molar refractivity (Wildman–Crippen MR) is 85.6 cm³/mol. The second-order valence-corrected chi connectivity index (χ2v) is 6.35. The minimum atomic E-state index is -0.518. The first kappa shape index (κ1) is 17.0. The van der Waals surface area contributed by atoms with Crippen molar-refractivity contribution in [3.05, 3.63) is 35.2 Å². The van der Waals surface area contributed by atoms with E-state index in [2.05, 4.69) is 9.72 Å². The minimum Gasteiger partial charge on any atom is -0.466 e. The van der Waals surface area contributed by atoms with Gasteiger partial charge in [-0.3, -0.25) is 4.98 Å². The van der Waals surface area contributed by atoms with E-state index in [0.717, 1.165) is 17.7 Å². The fourth-order valence-electron chi connectivity index (χ4n) is 2.22. The molecule has 1 aliphatic rings. The van der Waals surface area contributed by atoms with Gasteiger partial charge in [-0.2, -0.15) is 0 Å². The van der Waals surface area contributed by atoms with Crippen LogP contribution >= 0.6 is 0 Å². The zero-order chi connectivity index (χ0) is 17.0. The van der Waals surface area contributed by atoms with Crippen molar-refractivity contribution in [1.29, 1.82) is 0 Å². The van der Waals surface area contributed by atoms with E-state index in [4.69, 9.17) is 4.74 Å². The Morgan fingerprint density at radius 3 is 2.70 bits per heavy atom. The van der Waals surface area contributed by atoms with Crippen molar-refractivity contribution in [2.45, 2.75) is 39.3 Å². The highest BCUT2D eigenvalue weighted by molar-refractivity contribution is 5.86. The largest absolute Gasteiger partial charge is 0.466 e. The molecule has 2 heterocycles. The number of nitrogens with zero attached hydrogens (tertiary/aromatic N) is 2. The molecule has 0 saturated heterocycles. The second kappa shape index (κ2) is 6.81. The predicted octanol–water partition coefficient (Wildman–Crippen LogP) is 2.56. The van der Waals surface area contributed by atoms with Gasteiger partial charge in [-0.25, -0.2) is 9.59 Å². The Labute approximate surface area is 136 Å². The Hall–Kier alpha value is -2.37. The topological polar surface area (TPSA) is 68.7 Å². The lowest BCUT2D eigenvalue weighted by atomic mass is 10.0. The number of ether oxygens (including phenoxy) is 2. The van der Waals surface area contributed by atoms with Gasteiger partial charge in [0.15, 0.2) is 0 Å². The first-order chi connectivity index (χ1) is 10.8. The van der Waals surface area contributed by atoms with Crippen molar-refractivity contribution in [3.63, 3.8) is 0 Å². The molecule has 6 nitrogen and oxygen atoms in total. The molecule has 1 aliphatic heterocycles. The molecule has 124 valence electrons. The number of aromatic nitrogens is 1. The first-order valence-electron chi connectivity index (χ1n) is 7.51. The highest BCUT2D eigenvalue weighted by atomic mass is 16.6. The molecule has 1 amide bonds. The molecule has 0 N–H and O–H groups in total. The molecule has 1 aromatic rings. The van der Waals surface area contributed by atoms with Gasteiger partial charge in [-0.05, 0) is 44.9 Å². The summed E-state index contributed by atoms with van der Waals surface area (Å²) >= 11 is 0. The third kappa shape index (κ3) is 4.81. The average Bonchev–Trinajstić information content (AvgIpc) is 2.50. The molecule has 0 aliphatic carbocycles. The number of carbonyl (C=O) groups is 2. The summed E-state index contributed by atoms with van der Waals surface area (Å²) in [6.45, 7) is 6.55. The van der Waals surface area contributed by atoms with Crippen LogP contribution in [0.15, 0.2) is 18.2 Å². The third-order valence-corrected chi connectivity index (χ3v) is 3.32. The molecule has 0 fully saturated rings. The third-order valence-electron chi connectivity index (χ3n) is 3.32. The van der Waals surface area contributed by atoms with E-state index in [9.17, 15) is 9.59 Å². The van der Waals surface area contributed by atoms with Gasteiger partial charge in [0.25, 0.3) is 0 Å². The van der Waals surface area contributed by atoms with Crippen molar-refractivity contribution < 1.29 is 19.1 Å². The van der Waals surface area contributed by atoms with Crippen LogP contribution in [0.3, 0.4) is 0 Å². The lowest BCUT2D eigenvalue weighted by Crippen LogP contribution is -2.40. The normalized spacial score (nSPS) is 14.5. The molecular weight excluding hydrogens is 296 g/mol. The van der Waals surface area contributed by atoms with E-state index in [1.165, 1.54) is 13.2 Å². The quantitative estimate of drug-likeness (QED) is 0.619. The Balaban J connectivity index is 2.11. The SMILES string of the molecule is COC(=O)/C=C/c1ccc2c(n1)CN(C(=O)OC(C)(C)C)CC2. The maximum absolute atomic E-state index is 12.2. The van der Waals surface area contributed by atoms with Crippen molar-refractivity contribution in [3.8, 4) is 0 Å². The molecule has 2 rings (SSSR count). The van der Waals surface area contributed by atoms with Gasteiger partial charge in [0.1, 0.15) is 5.60 Å². The van der Waals surface area contributed by atoms with Crippen molar-refractivity contribution in [1.82, 2.24) is 9.88 Å². The van der Waals surface area contributed by atoms with Gasteiger partial charge in [-0.15, -0.1) is 0 Å². The zero-order valence-corrected chi connectivity index (χ0v) is 14.0. The van der Waals surface area contributed by atoms with E-state index < -0.39 is 11.6 Å².